The summed E-state index contributed by atoms with van der Waals surface area (Å²) in [5, 5.41) is 9.47. The van der Waals surface area contributed by atoms with Gasteiger partial charge in [0.1, 0.15) is 5.75 Å². The van der Waals surface area contributed by atoms with E-state index >= 15 is 0 Å². The van der Waals surface area contributed by atoms with E-state index < -0.39 is 16.0 Å². The van der Waals surface area contributed by atoms with Gasteiger partial charge in [-0.25, -0.2) is 13.2 Å². The zero-order valence-corrected chi connectivity index (χ0v) is 14.6. The molecule has 7 heteroatoms. The zero-order chi connectivity index (χ0) is 18.0. The Kier molecular flexibility index (Phi) is 4.78. The Balaban J connectivity index is 2.07. The lowest BCUT2D eigenvalue weighted by atomic mass is 9.99. The van der Waals surface area contributed by atoms with Crippen LogP contribution in [0.3, 0.4) is 0 Å². The van der Waals surface area contributed by atoms with E-state index in [1.165, 1.54) is 23.5 Å². The second-order valence-corrected chi connectivity index (χ2v) is 7.79. The average molecular weight is 361 g/mol. The van der Waals surface area contributed by atoms with Gasteiger partial charge in [-0.1, -0.05) is 12.1 Å². The van der Waals surface area contributed by atoms with Gasteiger partial charge in [0.05, 0.1) is 17.6 Å². The molecule has 2 aromatic carbocycles. The highest BCUT2D eigenvalue weighted by Gasteiger charge is 2.27. The van der Waals surface area contributed by atoms with Crippen LogP contribution in [0.25, 0.3) is 11.1 Å². The van der Waals surface area contributed by atoms with E-state index in [1.807, 2.05) is 0 Å². The number of carboxylic acids is 1. The SMILES string of the molecule is COc1ccc(-c2cccc(S(=O)(=O)N3CCCC3)c2)c(C(=O)O)c1. The minimum Gasteiger partial charge on any atom is -0.497 e. The van der Waals surface area contributed by atoms with Gasteiger partial charge >= 0.3 is 5.97 Å². The molecule has 0 unspecified atom stereocenters. The van der Waals surface area contributed by atoms with Crippen LogP contribution in [0.15, 0.2) is 47.4 Å². The van der Waals surface area contributed by atoms with Crippen molar-refractivity contribution < 1.29 is 23.1 Å². The molecule has 1 heterocycles. The maximum absolute atomic E-state index is 12.7. The van der Waals surface area contributed by atoms with Crippen LogP contribution >= 0.6 is 0 Å². The predicted octanol–water partition coefficient (Wildman–Crippen LogP) is 2.84. The number of carboxylic acid groups (broad SMARTS) is 1. The van der Waals surface area contributed by atoms with E-state index in [4.69, 9.17) is 4.74 Å². The largest absolute Gasteiger partial charge is 0.497 e. The minimum absolute atomic E-state index is 0.0649. The summed E-state index contributed by atoms with van der Waals surface area (Å²) in [5.41, 5.74) is 1.06. The Morgan fingerprint density at radius 2 is 1.84 bits per heavy atom. The standard InChI is InChI=1S/C18H19NO5S/c1-24-14-7-8-16(17(12-14)18(20)21)13-5-4-6-15(11-13)25(22,23)19-9-2-3-10-19/h4-8,11-12H,2-3,9-10H2,1H3,(H,20,21). The molecule has 6 nitrogen and oxygen atoms in total. The smallest absolute Gasteiger partial charge is 0.336 e. The molecule has 1 N–H and O–H groups in total. The van der Waals surface area contributed by atoms with Gasteiger partial charge in [0, 0.05) is 13.1 Å². The van der Waals surface area contributed by atoms with Gasteiger partial charge in [-0.3, -0.25) is 0 Å². The molecule has 0 radical (unpaired) electrons. The minimum atomic E-state index is -3.55. The van der Waals surface area contributed by atoms with Crippen LogP contribution in [-0.2, 0) is 10.0 Å². The van der Waals surface area contributed by atoms with Crippen molar-refractivity contribution in [2.45, 2.75) is 17.7 Å². The first-order valence-electron chi connectivity index (χ1n) is 7.95. The predicted molar refractivity (Wildman–Crippen MR) is 93.4 cm³/mol. The average Bonchev–Trinajstić information content (AvgIpc) is 3.16. The maximum atomic E-state index is 12.7. The number of sulfonamides is 1. The molecule has 0 aliphatic carbocycles. The van der Waals surface area contributed by atoms with Gasteiger partial charge in [0.2, 0.25) is 10.0 Å². The second-order valence-electron chi connectivity index (χ2n) is 5.86. The van der Waals surface area contributed by atoms with Crippen molar-refractivity contribution in [2.24, 2.45) is 0 Å². The summed E-state index contributed by atoms with van der Waals surface area (Å²) in [7, 11) is -2.09. The van der Waals surface area contributed by atoms with E-state index in [0.29, 0.717) is 30.0 Å². The Labute approximate surface area is 146 Å². The van der Waals surface area contributed by atoms with Crippen molar-refractivity contribution in [1.82, 2.24) is 4.31 Å². The number of aromatic carboxylic acids is 1. The summed E-state index contributed by atoms with van der Waals surface area (Å²) < 4.78 is 32.0. The highest BCUT2D eigenvalue weighted by Crippen LogP contribution is 2.30. The summed E-state index contributed by atoms with van der Waals surface area (Å²) in [6.07, 6.45) is 1.72. The number of hydrogen-bond acceptors (Lipinski definition) is 4. The molecule has 1 aliphatic heterocycles. The van der Waals surface area contributed by atoms with E-state index in [9.17, 15) is 18.3 Å². The fourth-order valence-electron chi connectivity index (χ4n) is 2.98. The quantitative estimate of drug-likeness (QED) is 0.885. The van der Waals surface area contributed by atoms with Crippen molar-refractivity contribution in [3.05, 3.63) is 48.0 Å². The van der Waals surface area contributed by atoms with Crippen molar-refractivity contribution in [3.63, 3.8) is 0 Å². The van der Waals surface area contributed by atoms with Crippen LogP contribution in [0.5, 0.6) is 5.75 Å². The van der Waals surface area contributed by atoms with Gasteiger partial charge in [0.15, 0.2) is 0 Å². The van der Waals surface area contributed by atoms with Gasteiger partial charge in [-0.2, -0.15) is 4.31 Å². The molecular formula is C18H19NO5S. The van der Waals surface area contributed by atoms with E-state index in [-0.39, 0.29) is 10.5 Å². The van der Waals surface area contributed by atoms with Gasteiger partial charge < -0.3 is 9.84 Å². The lowest BCUT2D eigenvalue weighted by Gasteiger charge is -2.16. The van der Waals surface area contributed by atoms with Crippen molar-refractivity contribution in [2.75, 3.05) is 20.2 Å². The molecule has 132 valence electrons. The van der Waals surface area contributed by atoms with Crippen molar-refractivity contribution >= 4 is 16.0 Å². The fraction of sp³-hybridized carbons (Fsp3) is 0.278. The zero-order valence-electron chi connectivity index (χ0n) is 13.8. The monoisotopic (exact) mass is 361 g/mol. The molecule has 3 rings (SSSR count). The van der Waals surface area contributed by atoms with Gasteiger partial charge in [-0.15, -0.1) is 0 Å². The highest BCUT2D eigenvalue weighted by molar-refractivity contribution is 7.89. The van der Waals surface area contributed by atoms with Crippen LogP contribution in [-0.4, -0.2) is 44.0 Å². The number of hydrogen-bond donors (Lipinski definition) is 1. The first kappa shape index (κ1) is 17.4. The molecule has 25 heavy (non-hydrogen) atoms. The lowest BCUT2D eigenvalue weighted by molar-refractivity contribution is 0.0697. The molecule has 1 aliphatic rings. The summed E-state index contributed by atoms with van der Waals surface area (Å²) in [6.45, 7) is 1.05. The Hall–Kier alpha value is -2.38. The molecule has 2 aromatic rings. The van der Waals surface area contributed by atoms with Crippen LogP contribution in [0.2, 0.25) is 0 Å². The van der Waals surface area contributed by atoms with Crippen LogP contribution < -0.4 is 4.74 Å². The first-order chi connectivity index (χ1) is 11.9. The third-order valence-corrected chi connectivity index (χ3v) is 6.20. The Bertz CT molecular complexity index is 901. The normalized spacial score (nSPS) is 15.2. The molecule has 0 bridgehead atoms. The third-order valence-electron chi connectivity index (χ3n) is 4.30. The number of carbonyl (C=O) groups is 1. The van der Waals surface area contributed by atoms with Crippen molar-refractivity contribution in [1.29, 1.82) is 0 Å². The van der Waals surface area contributed by atoms with E-state index in [2.05, 4.69) is 0 Å². The molecule has 0 amide bonds. The van der Waals surface area contributed by atoms with Gasteiger partial charge in [0.25, 0.3) is 0 Å². The first-order valence-corrected chi connectivity index (χ1v) is 9.39. The molecule has 1 saturated heterocycles. The number of nitrogens with zero attached hydrogens (tertiary/aromatic N) is 1. The van der Waals surface area contributed by atoms with Crippen molar-refractivity contribution in [3.8, 4) is 16.9 Å². The Morgan fingerprint density at radius 3 is 2.48 bits per heavy atom. The number of rotatable bonds is 5. The third kappa shape index (κ3) is 3.38. The molecule has 0 saturated carbocycles. The topological polar surface area (TPSA) is 83.9 Å². The summed E-state index contributed by atoms with van der Waals surface area (Å²) >= 11 is 0. The van der Waals surface area contributed by atoms with Gasteiger partial charge in [-0.05, 0) is 54.3 Å². The molecular weight excluding hydrogens is 342 g/mol. The van der Waals surface area contributed by atoms with Crippen LogP contribution in [0, 0.1) is 0 Å². The number of benzene rings is 2. The Morgan fingerprint density at radius 1 is 1.12 bits per heavy atom. The van der Waals surface area contributed by atoms with Crippen LogP contribution in [0.4, 0.5) is 0 Å². The number of ether oxygens (including phenoxy) is 1. The molecule has 0 aromatic heterocycles. The number of methoxy groups -OCH3 is 1. The fourth-order valence-corrected chi connectivity index (χ4v) is 4.54. The maximum Gasteiger partial charge on any atom is 0.336 e. The van der Waals surface area contributed by atoms with E-state index in [0.717, 1.165) is 12.8 Å². The highest BCUT2D eigenvalue weighted by atomic mass is 32.2. The lowest BCUT2D eigenvalue weighted by Crippen LogP contribution is -2.27. The van der Waals surface area contributed by atoms with Crippen LogP contribution in [0.1, 0.15) is 23.2 Å². The second kappa shape index (κ2) is 6.85. The molecule has 0 atom stereocenters. The summed E-state index contributed by atoms with van der Waals surface area (Å²) in [5.74, 6) is -0.663. The molecule has 0 spiro atoms. The molecule has 1 fully saturated rings. The summed E-state index contributed by atoms with van der Waals surface area (Å²) in [4.78, 5) is 11.8. The van der Waals surface area contributed by atoms with E-state index in [1.54, 1.807) is 30.3 Å². The summed E-state index contributed by atoms with van der Waals surface area (Å²) in [6, 6.07) is 11.1.